The Labute approximate surface area is 149 Å². The minimum absolute atomic E-state index is 0.0909. The molecule has 1 fully saturated rings. The normalized spacial score (nSPS) is 21.1. The number of nitrogens with zero attached hydrogens (tertiary/aromatic N) is 2. The summed E-state index contributed by atoms with van der Waals surface area (Å²) in [7, 11) is 1.88. The fourth-order valence-electron chi connectivity index (χ4n) is 3.77. The maximum absolute atomic E-state index is 12.5. The zero-order valence-corrected chi connectivity index (χ0v) is 15.1. The first-order valence-corrected chi connectivity index (χ1v) is 9.07. The Hall–Kier alpha value is -2.49. The lowest BCUT2D eigenvalue weighted by Gasteiger charge is -2.41. The monoisotopic (exact) mass is 335 g/mol. The van der Waals surface area contributed by atoms with Crippen LogP contribution in [0.3, 0.4) is 0 Å². The molecule has 2 aromatic carbocycles. The number of hydrogen-bond donors (Lipinski definition) is 1. The molecule has 2 aliphatic rings. The van der Waals surface area contributed by atoms with Crippen molar-refractivity contribution in [1.82, 2.24) is 0 Å². The van der Waals surface area contributed by atoms with Crippen molar-refractivity contribution < 1.29 is 4.79 Å². The fourth-order valence-corrected chi connectivity index (χ4v) is 3.77. The van der Waals surface area contributed by atoms with Gasteiger partial charge in [0.15, 0.2) is 0 Å². The van der Waals surface area contributed by atoms with Crippen molar-refractivity contribution in [3.8, 4) is 0 Å². The SMILES string of the molecule is CC(Nc1ccc2c(c1)N(C1CC1)C(C)C(=O)N2C)c1ccccc1. The van der Waals surface area contributed by atoms with Crippen molar-refractivity contribution in [2.24, 2.45) is 0 Å². The van der Waals surface area contributed by atoms with Gasteiger partial charge in [-0.3, -0.25) is 4.79 Å². The van der Waals surface area contributed by atoms with Crippen molar-refractivity contribution in [1.29, 1.82) is 0 Å². The second kappa shape index (κ2) is 6.10. The van der Waals surface area contributed by atoms with E-state index in [1.165, 1.54) is 24.1 Å². The molecular weight excluding hydrogens is 310 g/mol. The molecule has 4 nitrogen and oxygen atoms in total. The molecule has 1 N–H and O–H groups in total. The second-order valence-electron chi connectivity index (χ2n) is 7.19. The Morgan fingerprint density at radius 1 is 1.08 bits per heavy atom. The zero-order chi connectivity index (χ0) is 17.6. The van der Waals surface area contributed by atoms with Gasteiger partial charge >= 0.3 is 0 Å². The van der Waals surface area contributed by atoms with E-state index in [9.17, 15) is 4.79 Å². The average molecular weight is 335 g/mol. The molecule has 0 bridgehead atoms. The van der Waals surface area contributed by atoms with Gasteiger partial charge in [0.25, 0.3) is 0 Å². The number of anilines is 3. The van der Waals surface area contributed by atoms with Crippen LogP contribution in [-0.2, 0) is 4.79 Å². The van der Waals surface area contributed by atoms with Crippen molar-refractivity contribution in [3.63, 3.8) is 0 Å². The van der Waals surface area contributed by atoms with E-state index in [4.69, 9.17) is 0 Å². The summed E-state index contributed by atoms with van der Waals surface area (Å²) in [6.07, 6.45) is 2.36. The van der Waals surface area contributed by atoms with Crippen LogP contribution in [0.25, 0.3) is 0 Å². The van der Waals surface area contributed by atoms with Crippen LogP contribution in [0.5, 0.6) is 0 Å². The van der Waals surface area contributed by atoms with Crippen LogP contribution in [0.15, 0.2) is 48.5 Å². The van der Waals surface area contributed by atoms with E-state index in [1.807, 2.05) is 20.0 Å². The smallest absolute Gasteiger partial charge is 0.249 e. The van der Waals surface area contributed by atoms with Gasteiger partial charge in [0, 0.05) is 24.8 Å². The van der Waals surface area contributed by atoms with Gasteiger partial charge in [-0.15, -0.1) is 0 Å². The zero-order valence-electron chi connectivity index (χ0n) is 15.1. The molecule has 0 aromatic heterocycles. The predicted molar refractivity (Wildman–Crippen MR) is 103 cm³/mol. The molecule has 4 heteroatoms. The number of likely N-dealkylation sites (N-methyl/N-ethyl adjacent to an activating group) is 1. The molecule has 2 atom stereocenters. The topological polar surface area (TPSA) is 35.6 Å². The lowest BCUT2D eigenvalue weighted by Crippen LogP contribution is -2.51. The van der Waals surface area contributed by atoms with Crippen molar-refractivity contribution >= 4 is 23.0 Å². The highest BCUT2D eigenvalue weighted by molar-refractivity contribution is 6.05. The summed E-state index contributed by atoms with van der Waals surface area (Å²) in [5.41, 5.74) is 4.53. The largest absolute Gasteiger partial charge is 0.378 e. The second-order valence-corrected chi connectivity index (χ2v) is 7.19. The highest BCUT2D eigenvalue weighted by Gasteiger charge is 2.41. The Morgan fingerprint density at radius 3 is 2.48 bits per heavy atom. The molecule has 1 saturated carbocycles. The van der Waals surface area contributed by atoms with Gasteiger partial charge in [-0.2, -0.15) is 0 Å². The number of carbonyl (C=O) groups excluding carboxylic acids is 1. The van der Waals surface area contributed by atoms with Gasteiger partial charge in [-0.05, 0) is 50.5 Å². The van der Waals surface area contributed by atoms with Gasteiger partial charge in [0.1, 0.15) is 6.04 Å². The predicted octanol–water partition coefficient (Wildman–Crippen LogP) is 4.19. The highest BCUT2D eigenvalue weighted by atomic mass is 16.2. The lowest BCUT2D eigenvalue weighted by molar-refractivity contribution is -0.119. The quantitative estimate of drug-likeness (QED) is 0.910. The third kappa shape index (κ3) is 2.86. The van der Waals surface area contributed by atoms with Gasteiger partial charge in [-0.25, -0.2) is 0 Å². The van der Waals surface area contributed by atoms with E-state index in [0.29, 0.717) is 6.04 Å². The van der Waals surface area contributed by atoms with Crippen molar-refractivity contribution in [2.45, 2.75) is 44.8 Å². The van der Waals surface area contributed by atoms with Crippen molar-refractivity contribution in [3.05, 3.63) is 54.1 Å². The Balaban J connectivity index is 1.65. The molecule has 1 heterocycles. The summed E-state index contributed by atoms with van der Waals surface area (Å²) in [5, 5.41) is 3.60. The van der Waals surface area contributed by atoms with Gasteiger partial charge in [0.2, 0.25) is 5.91 Å². The summed E-state index contributed by atoms with van der Waals surface area (Å²) in [6, 6.07) is 17.4. The molecule has 1 aliphatic heterocycles. The number of hydrogen-bond acceptors (Lipinski definition) is 3. The van der Waals surface area contributed by atoms with Crippen LogP contribution in [0.4, 0.5) is 17.1 Å². The molecule has 2 unspecified atom stereocenters. The number of rotatable bonds is 4. The Bertz CT molecular complexity index is 785. The molecule has 1 amide bonds. The molecule has 0 radical (unpaired) electrons. The summed E-state index contributed by atoms with van der Waals surface area (Å²) in [4.78, 5) is 16.7. The van der Waals surface area contributed by atoms with E-state index in [2.05, 4.69) is 59.6 Å². The van der Waals surface area contributed by atoms with Crippen LogP contribution in [0.2, 0.25) is 0 Å². The standard InChI is InChI=1S/C21H25N3O/c1-14(16-7-5-4-6-8-16)22-17-9-12-19-20(13-17)24(18-10-11-18)15(2)21(25)23(19)3/h4-9,12-15,18,22H,10-11H2,1-3H3. The summed E-state index contributed by atoms with van der Waals surface area (Å²) >= 11 is 0. The summed E-state index contributed by atoms with van der Waals surface area (Å²) < 4.78 is 0. The molecule has 0 saturated heterocycles. The Kier molecular flexibility index (Phi) is 3.91. The van der Waals surface area contributed by atoms with Crippen LogP contribution >= 0.6 is 0 Å². The fraction of sp³-hybridized carbons (Fsp3) is 0.381. The first-order chi connectivity index (χ1) is 12.1. The third-order valence-corrected chi connectivity index (χ3v) is 5.34. The minimum Gasteiger partial charge on any atom is -0.378 e. The van der Waals surface area contributed by atoms with Gasteiger partial charge in [0.05, 0.1) is 11.4 Å². The Morgan fingerprint density at radius 2 is 1.80 bits per heavy atom. The summed E-state index contributed by atoms with van der Waals surface area (Å²) in [6.45, 7) is 4.19. The van der Waals surface area contributed by atoms with Crippen LogP contribution < -0.4 is 15.1 Å². The van der Waals surface area contributed by atoms with E-state index >= 15 is 0 Å². The van der Waals surface area contributed by atoms with E-state index in [-0.39, 0.29) is 18.0 Å². The molecule has 25 heavy (non-hydrogen) atoms. The average Bonchev–Trinajstić information content (AvgIpc) is 3.45. The molecule has 130 valence electrons. The molecule has 0 spiro atoms. The van der Waals surface area contributed by atoms with Gasteiger partial charge in [-0.1, -0.05) is 30.3 Å². The van der Waals surface area contributed by atoms with Crippen LogP contribution in [0, 0.1) is 0 Å². The number of fused-ring (bicyclic) bond motifs is 1. The van der Waals surface area contributed by atoms with E-state index < -0.39 is 0 Å². The minimum atomic E-state index is -0.0909. The van der Waals surface area contributed by atoms with E-state index in [1.54, 1.807) is 4.90 Å². The van der Waals surface area contributed by atoms with E-state index in [0.717, 1.165) is 11.4 Å². The van der Waals surface area contributed by atoms with Crippen LogP contribution in [-0.4, -0.2) is 25.0 Å². The first kappa shape index (κ1) is 16.0. The summed E-state index contributed by atoms with van der Waals surface area (Å²) in [5.74, 6) is 0.178. The maximum atomic E-state index is 12.5. The van der Waals surface area contributed by atoms with Gasteiger partial charge < -0.3 is 15.1 Å². The highest BCUT2D eigenvalue weighted by Crippen LogP contribution is 2.43. The van der Waals surface area contributed by atoms with Crippen LogP contribution in [0.1, 0.15) is 38.3 Å². The third-order valence-electron chi connectivity index (χ3n) is 5.34. The van der Waals surface area contributed by atoms with Crippen molar-refractivity contribution in [2.75, 3.05) is 22.2 Å². The maximum Gasteiger partial charge on any atom is 0.249 e. The molecule has 1 aliphatic carbocycles. The molecular formula is C21H25N3O. The lowest BCUT2D eigenvalue weighted by atomic mass is 10.1. The first-order valence-electron chi connectivity index (χ1n) is 9.07. The number of benzene rings is 2. The number of amides is 1. The number of nitrogens with one attached hydrogen (secondary N) is 1. The number of carbonyl (C=O) groups is 1. The molecule has 4 rings (SSSR count). The molecule has 2 aromatic rings.